The fraction of sp³-hybridized carbons (Fsp3) is 0.263. The van der Waals surface area contributed by atoms with Crippen LogP contribution in [0.2, 0.25) is 0 Å². The standard InChI is InChI=1S/C19H20BrN3O3S/c20-15-10-12-17(13-11-15)23(27(25,26)18-8-2-1-3-9-18)14-19(24)22-21-16-6-4-5-7-16/h1-3,8-13H,4-7,14H2,(H,22,24). The van der Waals surface area contributed by atoms with Gasteiger partial charge in [0.25, 0.3) is 15.9 Å². The summed E-state index contributed by atoms with van der Waals surface area (Å²) in [5, 5.41) is 4.13. The highest BCUT2D eigenvalue weighted by molar-refractivity contribution is 9.10. The Kier molecular flexibility index (Phi) is 6.28. The first kappa shape index (κ1) is 19.6. The van der Waals surface area contributed by atoms with Gasteiger partial charge in [0.2, 0.25) is 0 Å². The summed E-state index contributed by atoms with van der Waals surface area (Å²) < 4.78 is 28.1. The molecule has 1 aliphatic carbocycles. The van der Waals surface area contributed by atoms with Crippen molar-refractivity contribution in [1.82, 2.24) is 5.43 Å². The van der Waals surface area contributed by atoms with Crippen LogP contribution in [0.15, 0.2) is 69.1 Å². The zero-order chi connectivity index (χ0) is 19.3. The van der Waals surface area contributed by atoms with Crippen molar-refractivity contribution in [2.24, 2.45) is 5.10 Å². The number of sulfonamides is 1. The van der Waals surface area contributed by atoms with E-state index in [-0.39, 0.29) is 11.4 Å². The van der Waals surface area contributed by atoms with E-state index in [1.54, 1.807) is 42.5 Å². The van der Waals surface area contributed by atoms with Crippen LogP contribution in [0.5, 0.6) is 0 Å². The first-order chi connectivity index (χ1) is 13.0. The number of hydrazone groups is 1. The maximum absolute atomic E-state index is 13.1. The molecule has 1 N–H and O–H groups in total. The second-order valence-corrected chi connectivity index (χ2v) is 9.00. The van der Waals surface area contributed by atoms with Crippen LogP contribution in [0.1, 0.15) is 25.7 Å². The van der Waals surface area contributed by atoms with E-state index in [2.05, 4.69) is 26.5 Å². The van der Waals surface area contributed by atoms with Crippen LogP contribution in [-0.2, 0) is 14.8 Å². The molecule has 8 heteroatoms. The van der Waals surface area contributed by atoms with Gasteiger partial charge in [-0.1, -0.05) is 34.1 Å². The molecule has 2 aromatic rings. The van der Waals surface area contributed by atoms with Gasteiger partial charge >= 0.3 is 0 Å². The van der Waals surface area contributed by atoms with Gasteiger partial charge in [0, 0.05) is 10.2 Å². The SMILES string of the molecule is O=C(CN(c1ccc(Br)cc1)S(=O)(=O)c1ccccc1)NN=C1CCCC1. The van der Waals surface area contributed by atoms with Gasteiger partial charge in [0.05, 0.1) is 10.6 Å². The van der Waals surface area contributed by atoms with Crippen LogP contribution >= 0.6 is 15.9 Å². The number of nitrogens with zero attached hydrogens (tertiary/aromatic N) is 2. The molecule has 142 valence electrons. The van der Waals surface area contributed by atoms with Crippen LogP contribution in [0.3, 0.4) is 0 Å². The lowest BCUT2D eigenvalue weighted by Crippen LogP contribution is -2.39. The molecule has 0 unspecified atom stereocenters. The molecule has 3 rings (SSSR count). The van der Waals surface area contributed by atoms with Crippen molar-refractivity contribution in [3.05, 3.63) is 59.1 Å². The summed E-state index contributed by atoms with van der Waals surface area (Å²) in [6.07, 6.45) is 3.89. The quantitative estimate of drug-likeness (QED) is 0.682. The summed E-state index contributed by atoms with van der Waals surface area (Å²) in [5.74, 6) is -0.475. The van der Waals surface area contributed by atoms with Gasteiger partial charge < -0.3 is 0 Å². The smallest absolute Gasteiger partial charge is 0.264 e. The number of benzene rings is 2. The molecule has 0 bridgehead atoms. The van der Waals surface area contributed by atoms with Crippen molar-refractivity contribution in [2.75, 3.05) is 10.8 Å². The molecule has 0 aliphatic heterocycles. The molecule has 0 spiro atoms. The van der Waals surface area contributed by atoms with Gasteiger partial charge in [-0.2, -0.15) is 5.10 Å². The Morgan fingerprint density at radius 2 is 1.67 bits per heavy atom. The first-order valence-electron chi connectivity index (χ1n) is 8.64. The topological polar surface area (TPSA) is 78.8 Å². The summed E-state index contributed by atoms with van der Waals surface area (Å²) >= 11 is 3.34. The van der Waals surface area contributed by atoms with Crippen molar-refractivity contribution in [3.63, 3.8) is 0 Å². The van der Waals surface area contributed by atoms with Crippen molar-refractivity contribution in [1.29, 1.82) is 0 Å². The molecule has 2 aromatic carbocycles. The Balaban J connectivity index is 1.87. The number of rotatable bonds is 6. The van der Waals surface area contributed by atoms with Gasteiger partial charge in [-0.15, -0.1) is 0 Å². The number of hydrogen-bond donors (Lipinski definition) is 1. The van der Waals surface area contributed by atoms with Crippen LogP contribution in [0.25, 0.3) is 0 Å². The molecule has 1 saturated carbocycles. The lowest BCUT2D eigenvalue weighted by molar-refractivity contribution is -0.119. The van der Waals surface area contributed by atoms with Gasteiger partial charge in [-0.05, 0) is 62.1 Å². The third-order valence-corrected chi connectivity index (χ3v) is 6.57. The highest BCUT2D eigenvalue weighted by atomic mass is 79.9. The second kappa shape index (κ2) is 8.67. The fourth-order valence-electron chi connectivity index (χ4n) is 2.84. The molecule has 0 aromatic heterocycles. The average molecular weight is 450 g/mol. The van der Waals surface area contributed by atoms with E-state index in [4.69, 9.17) is 0 Å². The fourth-order valence-corrected chi connectivity index (χ4v) is 4.55. The number of carbonyl (C=O) groups excluding carboxylic acids is 1. The van der Waals surface area contributed by atoms with E-state index in [9.17, 15) is 13.2 Å². The molecule has 1 aliphatic rings. The van der Waals surface area contributed by atoms with Gasteiger partial charge in [0.1, 0.15) is 6.54 Å². The highest BCUT2D eigenvalue weighted by Gasteiger charge is 2.27. The number of hydrogen-bond acceptors (Lipinski definition) is 4. The van der Waals surface area contributed by atoms with Crippen molar-refractivity contribution in [3.8, 4) is 0 Å². The van der Waals surface area contributed by atoms with Crippen molar-refractivity contribution in [2.45, 2.75) is 30.6 Å². The Morgan fingerprint density at radius 1 is 1.04 bits per heavy atom. The van der Waals surface area contributed by atoms with Gasteiger partial charge in [-0.25, -0.2) is 13.8 Å². The Bertz CT molecular complexity index is 920. The van der Waals surface area contributed by atoms with Crippen LogP contribution in [0, 0.1) is 0 Å². The number of nitrogens with one attached hydrogen (secondary N) is 1. The Labute approximate surface area is 167 Å². The molecule has 0 saturated heterocycles. The van der Waals surface area contributed by atoms with Crippen molar-refractivity contribution >= 4 is 43.3 Å². The van der Waals surface area contributed by atoms with E-state index in [1.807, 2.05) is 0 Å². The molecule has 1 fully saturated rings. The third-order valence-electron chi connectivity index (χ3n) is 4.25. The molecule has 1 amide bonds. The monoisotopic (exact) mass is 449 g/mol. The molecule has 27 heavy (non-hydrogen) atoms. The number of carbonyl (C=O) groups is 1. The van der Waals surface area contributed by atoms with Gasteiger partial charge in [0.15, 0.2) is 0 Å². The maximum Gasteiger partial charge on any atom is 0.264 e. The zero-order valence-electron chi connectivity index (χ0n) is 14.6. The molecule has 0 radical (unpaired) electrons. The van der Waals surface area contributed by atoms with E-state index < -0.39 is 15.9 Å². The van der Waals surface area contributed by atoms with Crippen LogP contribution in [-0.4, -0.2) is 26.6 Å². The average Bonchev–Trinajstić information content (AvgIpc) is 3.19. The Hall–Kier alpha value is -2.19. The normalized spacial score (nSPS) is 14.0. The van der Waals surface area contributed by atoms with Crippen LogP contribution < -0.4 is 9.73 Å². The summed E-state index contributed by atoms with van der Waals surface area (Å²) in [4.78, 5) is 12.5. The minimum Gasteiger partial charge on any atom is -0.271 e. The van der Waals surface area contributed by atoms with E-state index in [0.717, 1.165) is 40.2 Å². The Morgan fingerprint density at radius 3 is 2.30 bits per heavy atom. The minimum absolute atomic E-state index is 0.128. The van der Waals surface area contributed by atoms with E-state index >= 15 is 0 Å². The second-order valence-electron chi connectivity index (χ2n) is 6.22. The molecule has 6 nitrogen and oxygen atoms in total. The lowest BCUT2D eigenvalue weighted by Gasteiger charge is -2.23. The third kappa shape index (κ3) is 4.95. The predicted molar refractivity (Wildman–Crippen MR) is 109 cm³/mol. The summed E-state index contributed by atoms with van der Waals surface area (Å²) in [6.45, 7) is -0.352. The summed E-state index contributed by atoms with van der Waals surface area (Å²) in [7, 11) is -3.89. The lowest BCUT2D eigenvalue weighted by atomic mass is 10.3. The minimum atomic E-state index is -3.89. The predicted octanol–water partition coefficient (Wildman–Crippen LogP) is 3.69. The van der Waals surface area contributed by atoms with E-state index in [1.165, 1.54) is 12.1 Å². The molecule has 0 atom stereocenters. The summed E-state index contributed by atoms with van der Waals surface area (Å²) in [6, 6.07) is 14.8. The summed E-state index contributed by atoms with van der Waals surface area (Å²) in [5.41, 5.74) is 3.85. The first-order valence-corrected chi connectivity index (χ1v) is 10.9. The highest BCUT2D eigenvalue weighted by Crippen LogP contribution is 2.25. The zero-order valence-corrected chi connectivity index (χ0v) is 17.0. The molecular weight excluding hydrogens is 430 g/mol. The molecule has 0 heterocycles. The number of halogens is 1. The molecular formula is C19H20BrN3O3S. The maximum atomic E-state index is 13.1. The number of amides is 1. The van der Waals surface area contributed by atoms with Crippen LogP contribution in [0.4, 0.5) is 5.69 Å². The van der Waals surface area contributed by atoms with Gasteiger partial charge in [-0.3, -0.25) is 9.10 Å². The number of anilines is 1. The van der Waals surface area contributed by atoms with E-state index in [0.29, 0.717) is 5.69 Å². The largest absolute Gasteiger partial charge is 0.271 e. The van der Waals surface area contributed by atoms with Crippen molar-refractivity contribution < 1.29 is 13.2 Å².